The summed E-state index contributed by atoms with van der Waals surface area (Å²) in [6, 6.07) is 6.38. The molecule has 3 aliphatic rings. The molecule has 33 heavy (non-hydrogen) atoms. The molecule has 176 valence electrons. The van der Waals surface area contributed by atoms with Gasteiger partial charge in [-0.15, -0.1) is 0 Å². The molecular weight excluding hydrogens is 586 g/mol. The van der Waals surface area contributed by atoms with Crippen LogP contribution in [0.25, 0.3) is 0 Å². The highest BCUT2D eigenvalue weighted by atomic mass is 79.9. The van der Waals surface area contributed by atoms with Crippen molar-refractivity contribution >= 4 is 61.1 Å². The normalized spacial score (nSPS) is 21.9. The van der Waals surface area contributed by atoms with Crippen LogP contribution in [0.1, 0.15) is 41.1 Å². The number of pyridine rings is 1. The van der Waals surface area contributed by atoms with Crippen LogP contribution in [-0.2, 0) is 17.6 Å². The average molecular weight is 614 g/mol. The van der Waals surface area contributed by atoms with E-state index >= 15 is 0 Å². The van der Waals surface area contributed by atoms with Gasteiger partial charge in [0.1, 0.15) is 0 Å². The third-order valence-electron chi connectivity index (χ3n) is 7.24. The molecule has 0 bridgehead atoms. The maximum atomic E-state index is 13.0. The van der Waals surface area contributed by atoms with Crippen molar-refractivity contribution in [1.82, 2.24) is 14.8 Å². The van der Waals surface area contributed by atoms with Crippen LogP contribution < -0.4 is 0 Å². The van der Waals surface area contributed by atoms with Gasteiger partial charge in [0.15, 0.2) is 0 Å². The van der Waals surface area contributed by atoms with E-state index in [1.165, 1.54) is 22.4 Å². The molecule has 1 atom stereocenters. The van der Waals surface area contributed by atoms with Crippen molar-refractivity contribution in [3.05, 3.63) is 60.7 Å². The van der Waals surface area contributed by atoms with Gasteiger partial charge < -0.3 is 4.90 Å². The van der Waals surface area contributed by atoms with Crippen LogP contribution in [0.3, 0.4) is 0 Å². The molecule has 0 spiro atoms. The lowest BCUT2D eigenvalue weighted by atomic mass is 9.76. The van der Waals surface area contributed by atoms with Crippen molar-refractivity contribution in [2.75, 3.05) is 44.2 Å². The van der Waals surface area contributed by atoms with Crippen molar-refractivity contribution in [1.29, 1.82) is 0 Å². The van der Waals surface area contributed by atoms with Crippen LogP contribution in [0.5, 0.6) is 0 Å². The number of thioether (sulfide) groups is 1. The SMILES string of the molecule is O=C(CN1CCSCC1)N1CCC([C@H]2c3ncc(Br)cc3CCc3cc(Cl)cc(Br)c32)CC1. The highest BCUT2D eigenvalue weighted by Gasteiger charge is 2.36. The molecule has 2 saturated heterocycles. The summed E-state index contributed by atoms with van der Waals surface area (Å²) in [5.41, 5.74) is 5.16. The number of hydrogen-bond donors (Lipinski definition) is 0. The van der Waals surface area contributed by atoms with Crippen molar-refractivity contribution < 1.29 is 4.79 Å². The van der Waals surface area contributed by atoms with Crippen LogP contribution in [0.4, 0.5) is 0 Å². The Morgan fingerprint density at radius 2 is 1.79 bits per heavy atom. The van der Waals surface area contributed by atoms with E-state index in [-0.39, 0.29) is 11.8 Å². The van der Waals surface area contributed by atoms with Gasteiger partial charge in [0.2, 0.25) is 5.91 Å². The summed E-state index contributed by atoms with van der Waals surface area (Å²) in [4.78, 5) is 22.3. The van der Waals surface area contributed by atoms with Gasteiger partial charge in [0.25, 0.3) is 0 Å². The number of amides is 1. The highest BCUT2D eigenvalue weighted by Crippen LogP contribution is 2.46. The minimum Gasteiger partial charge on any atom is -0.342 e. The maximum absolute atomic E-state index is 13.0. The fraction of sp³-hybridized carbons (Fsp3) is 0.520. The molecule has 0 radical (unpaired) electrons. The van der Waals surface area contributed by atoms with E-state index in [2.05, 4.69) is 53.8 Å². The number of hydrogen-bond acceptors (Lipinski definition) is 4. The zero-order valence-electron chi connectivity index (χ0n) is 18.5. The van der Waals surface area contributed by atoms with E-state index in [9.17, 15) is 4.79 Å². The standard InChI is InChI=1S/C25H28Br2ClN3OS/c26-19-11-18-2-1-17-12-20(28)13-21(27)23(17)24(25(18)29-14-19)16-3-5-31(6-4-16)22(32)15-30-7-9-33-10-8-30/h11-14,16,24H,1-10,15H2/t24-/m1/s1. The van der Waals surface area contributed by atoms with Gasteiger partial charge >= 0.3 is 0 Å². The second kappa shape index (κ2) is 10.6. The fourth-order valence-corrected chi connectivity index (χ4v) is 8.04. The number of piperidine rings is 1. The van der Waals surface area contributed by atoms with Gasteiger partial charge in [-0.1, -0.05) is 27.5 Å². The van der Waals surface area contributed by atoms with E-state index in [1.54, 1.807) is 0 Å². The number of nitrogens with zero attached hydrogens (tertiary/aromatic N) is 3. The third-order valence-corrected chi connectivity index (χ3v) is 9.49. The van der Waals surface area contributed by atoms with Crippen molar-refractivity contribution in [3.8, 4) is 0 Å². The van der Waals surface area contributed by atoms with Crippen molar-refractivity contribution in [2.45, 2.75) is 31.6 Å². The number of rotatable bonds is 3. The monoisotopic (exact) mass is 611 g/mol. The van der Waals surface area contributed by atoms with Crippen LogP contribution >= 0.6 is 55.2 Å². The third kappa shape index (κ3) is 5.32. The number of benzene rings is 1. The van der Waals surface area contributed by atoms with Gasteiger partial charge in [-0.2, -0.15) is 11.8 Å². The number of carbonyl (C=O) groups is 1. The Balaban J connectivity index is 1.38. The Hall–Kier alpha value is -0.600. The van der Waals surface area contributed by atoms with Crippen molar-refractivity contribution in [3.63, 3.8) is 0 Å². The second-order valence-electron chi connectivity index (χ2n) is 9.24. The summed E-state index contributed by atoms with van der Waals surface area (Å²) in [6.07, 6.45) is 5.84. The smallest absolute Gasteiger partial charge is 0.236 e. The molecule has 1 aromatic carbocycles. The number of aromatic nitrogens is 1. The summed E-state index contributed by atoms with van der Waals surface area (Å²) >= 11 is 15.9. The van der Waals surface area contributed by atoms with Crippen LogP contribution in [-0.4, -0.2) is 64.9 Å². The van der Waals surface area contributed by atoms with Gasteiger partial charge in [0.05, 0.1) is 12.2 Å². The van der Waals surface area contributed by atoms with Gasteiger partial charge in [0, 0.05) is 63.8 Å². The highest BCUT2D eigenvalue weighted by molar-refractivity contribution is 9.10. The molecule has 5 rings (SSSR count). The topological polar surface area (TPSA) is 36.4 Å². The maximum Gasteiger partial charge on any atom is 0.236 e. The Morgan fingerprint density at radius 1 is 1.06 bits per heavy atom. The largest absolute Gasteiger partial charge is 0.342 e. The first-order chi connectivity index (χ1) is 16.0. The quantitative estimate of drug-likeness (QED) is 0.440. The molecule has 1 aliphatic carbocycles. The van der Waals surface area contributed by atoms with E-state index in [4.69, 9.17) is 16.6 Å². The zero-order valence-corrected chi connectivity index (χ0v) is 23.3. The molecule has 8 heteroatoms. The first-order valence-electron chi connectivity index (χ1n) is 11.7. The molecule has 0 N–H and O–H groups in total. The Morgan fingerprint density at radius 3 is 2.55 bits per heavy atom. The number of aryl methyl sites for hydroxylation is 2. The summed E-state index contributed by atoms with van der Waals surface area (Å²) in [5.74, 6) is 3.23. The molecule has 1 aromatic heterocycles. The Bertz CT molecular complexity index is 1040. The van der Waals surface area contributed by atoms with Crippen LogP contribution in [0.2, 0.25) is 5.02 Å². The van der Waals surface area contributed by atoms with Gasteiger partial charge in [-0.3, -0.25) is 14.7 Å². The summed E-state index contributed by atoms with van der Waals surface area (Å²) < 4.78 is 2.11. The number of fused-ring (bicyclic) bond motifs is 2. The fourth-order valence-electron chi connectivity index (χ4n) is 5.56. The second-order valence-corrected chi connectivity index (χ2v) is 12.7. The number of likely N-dealkylation sites (tertiary alicyclic amines) is 1. The summed E-state index contributed by atoms with van der Waals surface area (Å²) in [7, 11) is 0. The Labute approximate surface area is 222 Å². The van der Waals surface area contributed by atoms with Gasteiger partial charge in [-0.25, -0.2) is 0 Å². The number of halogens is 3. The molecule has 0 saturated carbocycles. The van der Waals surface area contributed by atoms with E-state index in [0.29, 0.717) is 12.5 Å². The average Bonchev–Trinajstić information content (AvgIpc) is 2.96. The summed E-state index contributed by atoms with van der Waals surface area (Å²) in [6.45, 7) is 4.28. The molecular formula is C25H28Br2ClN3OS. The molecule has 2 aliphatic heterocycles. The first kappa shape index (κ1) is 24.1. The van der Waals surface area contributed by atoms with Crippen LogP contribution in [0, 0.1) is 5.92 Å². The Kier molecular flexibility index (Phi) is 7.72. The minimum atomic E-state index is 0.216. The molecule has 0 unspecified atom stereocenters. The lowest BCUT2D eigenvalue weighted by Crippen LogP contribution is -2.46. The predicted molar refractivity (Wildman–Crippen MR) is 143 cm³/mol. The zero-order chi connectivity index (χ0) is 22.9. The lowest BCUT2D eigenvalue weighted by Gasteiger charge is -2.38. The molecule has 4 nitrogen and oxygen atoms in total. The minimum absolute atomic E-state index is 0.216. The van der Waals surface area contributed by atoms with E-state index < -0.39 is 0 Å². The lowest BCUT2D eigenvalue weighted by molar-refractivity contribution is -0.133. The summed E-state index contributed by atoms with van der Waals surface area (Å²) in [5, 5.41) is 0.774. The molecule has 2 aromatic rings. The number of carbonyl (C=O) groups excluding carboxylic acids is 1. The van der Waals surface area contributed by atoms with E-state index in [0.717, 1.165) is 77.3 Å². The molecule has 2 fully saturated rings. The van der Waals surface area contributed by atoms with E-state index in [1.807, 2.05) is 24.0 Å². The first-order valence-corrected chi connectivity index (χ1v) is 14.8. The van der Waals surface area contributed by atoms with Crippen LogP contribution in [0.15, 0.2) is 33.3 Å². The van der Waals surface area contributed by atoms with Crippen molar-refractivity contribution in [2.24, 2.45) is 5.92 Å². The molecule has 1 amide bonds. The predicted octanol–water partition coefficient (Wildman–Crippen LogP) is 5.78. The van der Waals surface area contributed by atoms with Gasteiger partial charge in [-0.05, 0) is 82.4 Å². The molecule has 3 heterocycles.